The number of rotatable bonds is 7. The predicted molar refractivity (Wildman–Crippen MR) is 107 cm³/mol. The number of fused-ring (bicyclic) bond motifs is 1. The van der Waals surface area contributed by atoms with Crippen molar-refractivity contribution in [2.45, 2.75) is 25.8 Å². The molecule has 1 aromatic heterocycles. The summed E-state index contributed by atoms with van der Waals surface area (Å²) in [7, 11) is 1.69. The van der Waals surface area contributed by atoms with Gasteiger partial charge in [0.05, 0.1) is 22.7 Å². The van der Waals surface area contributed by atoms with Crippen LogP contribution in [0.25, 0.3) is 10.2 Å². The van der Waals surface area contributed by atoms with Crippen molar-refractivity contribution in [3.8, 4) is 0 Å². The molecule has 1 atom stereocenters. The number of hydrogen-bond donors (Lipinski definition) is 0. The third kappa shape index (κ3) is 4.71. The smallest absolute Gasteiger partial charge is 0.313 e. The van der Waals surface area contributed by atoms with Crippen LogP contribution in [0.2, 0.25) is 0 Å². The van der Waals surface area contributed by atoms with Crippen LogP contribution in [-0.2, 0) is 20.9 Å². The molecule has 0 unspecified atom stereocenters. The fourth-order valence-corrected chi connectivity index (χ4v) is 3.87. The normalized spacial score (nSPS) is 11.9. The van der Waals surface area contributed by atoms with E-state index in [0.717, 1.165) is 20.8 Å². The zero-order chi connectivity index (χ0) is 19.2. The lowest BCUT2D eigenvalue weighted by atomic mass is 9.97. The molecule has 0 aliphatic rings. The molecule has 5 nitrogen and oxygen atoms in total. The van der Waals surface area contributed by atoms with Crippen molar-refractivity contribution in [3.05, 3.63) is 65.2 Å². The van der Waals surface area contributed by atoms with Gasteiger partial charge in [0.1, 0.15) is 5.01 Å². The molecule has 6 heteroatoms. The van der Waals surface area contributed by atoms with Gasteiger partial charge in [-0.05, 0) is 24.1 Å². The Labute approximate surface area is 162 Å². The average Bonchev–Trinajstić information content (AvgIpc) is 3.09. The second kappa shape index (κ2) is 8.77. The SMILES string of the molecule is CC[C@@H](C(=O)OCC(=O)N(C)Cc1nc2ccccc2s1)c1ccccc1. The molecular formula is C21H22N2O3S. The van der Waals surface area contributed by atoms with Crippen molar-refractivity contribution >= 4 is 33.4 Å². The van der Waals surface area contributed by atoms with Crippen LogP contribution in [0.3, 0.4) is 0 Å². The molecule has 27 heavy (non-hydrogen) atoms. The van der Waals surface area contributed by atoms with Gasteiger partial charge in [-0.25, -0.2) is 4.98 Å². The molecule has 1 amide bonds. The summed E-state index contributed by atoms with van der Waals surface area (Å²) in [5, 5.41) is 0.856. The van der Waals surface area contributed by atoms with Crippen LogP contribution in [-0.4, -0.2) is 35.4 Å². The molecule has 0 spiro atoms. The van der Waals surface area contributed by atoms with Gasteiger partial charge in [0, 0.05) is 7.05 Å². The quantitative estimate of drug-likeness (QED) is 0.580. The Kier molecular flexibility index (Phi) is 6.19. The van der Waals surface area contributed by atoms with E-state index in [4.69, 9.17) is 4.74 Å². The number of aromatic nitrogens is 1. The van der Waals surface area contributed by atoms with Crippen molar-refractivity contribution in [2.24, 2.45) is 0 Å². The molecule has 0 saturated carbocycles. The monoisotopic (exact) mass is 382 g/mol. The summed E-state index contributed by atoms with van der Waals surface area (Å²) in [6, 6.07) is 17.4. The standard InChI is InChI=1S/C21H22N2O3S/c1-3-16(15-9-5-4-6-10-15)21(25)26-14-20(24)23(2)13-19-22-17-11-7-8-12-18(17)27-19/h4-12,16H,3,13-14H2,1-2H3/t16-/m1/s1. The second-order valence-corrected chi connectivity index (χ2v) is 7.42. The van der Waals surface area contributed by atoms with Gasteiger partial charge in [-0.3, -0.25) is 9.59 Å². The van der Waals surface area contributed by atoms with Crippen LogP contribution in [0.5, 0.6) is 0 Å². The molecule has 140 valence electrons. The van der Waals surface area contributed by atoms with E-state index in [-0.39, 0.29) is 24.4 Å². The van der Waals surface area contributed by atoms with E-state index in [1.807, 2.05) is 61.5 Å². The van der Waals surface area contributed by atoms with Gasteiger partial charge in [-0.15, -0.1) is 11.3 Å². The number of esters is 1. The summed E-state index contributed by atoms with van der Waals surface area (Å²) in [5.41, 5.74) is 1.83. The van der Waals surface area contributed by atoms with Crippen LogP contribution in [0.15, 0.2) is 54.6 Å². The van der Waals surface area contributed by atoms with Crippen LogP contribution >= 0.6 is 11.3 Å². The molecule has 0 N–H and O–H groups in total. The lowest BCUT2D eigenvalue weighted by Crippen LogP contribution is -2.31. The minimum absolute atomic E-state index is 0.245. The highest BCUT2D eigenvalue weighted by atomic mass is 32.1. The number of hydrogen-bond acceptors (Lipinski definition) is 5. The van der Waals surface area contributed by atoms with Gasteiger partial charge in [0.15, 0.2) is 6.61 Å². The molecule has 3 aromatic rings. The Morgan fingerprint density at radius 3 is 2.52 bits per heavy atom. The van der Waals surface area contributed by atoms with E-state index in [2.05, 4.69) is 4.98 Å². The number of para-hydroxylation sites is 1. The van der Waals surface area contributed by atoms with Gasteiger partial charge in [-0.2, -0.15) is 0 Å². The fraction of sp³-hybridized carbons (Fsp3) is 0.286. The Morgan fingerprint density at radius 1 is 1.11 bits per heavy atom. The summed E-state index contributed by atoms with van der Waals surface area (Å²) < 4.78 is 6.37. The Hall–Kier alpha value is -2.73. The summed E-state index contributed by atoms with van der Waals surface area (Å²) >= 11 is 1.56. The van der Waals surface area contributed by atoms with Crippen LogP contribution < -0.4 is 0 Å². The van der Waals surface area contributed by atoms with Crippen molar-refractivity contribution in [1.29, 1.82) is 0 Å². The number of carbonyl (C=O) groups is 2. The largest absolute Gasteiger partial charge is 0.455 e. The molecule has 0 radical (unpaired) electrons. The minimum atomic E-state index is -0.370. The highest BCUT2D eigenvalue weighted by Crippen LogP contribution is 2.23. The lowest BCUT2D eigenvalue weighted by molar-refractivity contribution is -0.153. The Balaban J connectivity index is 1.55. The second-order valence-electron chi connectivity index (χ2n) is 6.30. The van der Waals surface area contributed by atoms with E-state index in [0.29, 0.717) is 13.0 Å². The van der Waals surface area contributed by atoms with Crippen LogP contribution in [0.4, 0.5) is 0 Å². The topological polar surface area (TPSA) is 59.5 Å². The van der Waals surface area contributed by atoms with Gasteiger partial charge >= 0.3 is 5.97 Å². The molecule has 0 bridgehead atoms. The summed E-state index contributed by atoms with van der Waals surface area (Å²) in [6.45, 7) is 2.06. The van der Waals surface area contributed by atoms with Crippen molar-refractivity contribution < 1.29 is 14.3 Å². The maximum atomic E-state index is 12.4. The first-order chi connectivity index (χ1) is 13.1. The highest BCUT2D eigenvalue weighted by molar-refractivity contribution is 7.18. The molecule has 0 aliphatic heterocycles. The maximum absolute atomic E-state index is 12.4. The predicted octanol–water partition coefficient (Wildman–Crippen LogP) is 3.99. The van der Waals surface area contributed by atoms with Crippen molar-refractivity contribution in [3.63, 3.8) is 0 Å². The fourth-order valence-electron chi connectivity index (χ4n) is 2.85. The zero-order valence-electron chi connectivity index (χ0n) is 15.4. The van der Waals surface area contributed by atoms with Crippen LogP contribution in [0.1, 0.15) is 29.8 Å². The molecule has 3 rings (SSSR count). The van der Waals surface area contributed by atoms with E-state index in [9.17, 15) is 9.59 Å². The first-order valence-corrected chi connectivity index (χ1v) is 9.70. The summed E-state index contributed by atoms with van der Waals surface area (Å²) in [6.07, 6.45) is 0.624. The first kappa shape index (κ1) is 19.0. The van der Waals surface area contributed by atoms with Crippen LogP contribution in [0, 0.1) is 0 Å². The summed E-state index contributed by atoms with van der Waals surface area (Å²) in [4.78, 5) is 30.8. The minimum Gasteiger partial charge on any atom is -0.455 e. The van der Waals surface area contributed by atoms with Crippen molar-refractivity contribution in [1.82, 2.24) is 9.88 Å². The third-order valence-corrected chi connectivity index (χ3v) is 5.39. The Bertz CT molecular complexity index is 890. The number of nitrogens with zero attached hydrogens (tertiary/aromatic N) is 2. The highest BCUT2D eigenvalue weighted by Gasteiger charge is 2.22. The average molecular weight is 382 g/mol. The lowest BCUT2D eigenvalue weighted by Gasteiger charge is -2.18. The van der Waals surface area contributed by atoms with Crippen molar-refractivity contribution in [2.75, 3.05) is 13.7 Å². The van der Waals surface area contributed by atoms with E-state index < -0.39 is 0 Å². The first-order valence-electron chi connectivity index (χ1n) is 8.88. The van der Waals surface area contributed by atoms with Gasteiger partial charge < -0.3 is 9.64 Å². The molecule has 0 fully saturated rings. The number of thiazole rings is 1. The summed E-state index contributed by atoms with van der Waals surface area (Å²) in [5.74, 6) is -0.968. The van der Waals surface area contributed by atoms with Gasteiger partial charge in [-0.1, -0.05) is 49.4 Å². The number of ether oxygens (including phenoxy) is 1. The van der Waals surface area contributed by atoms with E-state index in [1.165, 1.54) is 4.90 Å². The number of likely N-dealkylation sites (N-methyl/N-ethyl adjacent to an activating group) is 1. The van der Waals surface area contributed by atoms with Gasteiger partial charge in [0.2, 0.25) is 0 Å². The number of amides is 1. The number of benzene rings is 2. The molecule has 0 saturated heterocycles. The van der Waals surface area contributed by atoms with E-state index in [1.54, 1.807) is 18.4 Å². The molecule has 2 aromatic carbocycles. The van der Waals surface area contributed by atoms with Gasteiger partial charge in [0.25, 0.3) is 5.91 Å². The molecular weight excluding hydrogens is 360 g/mol. The molecule has 1 heterocycles. The van der Waals surface area contributed by atoms with E-state index >= 15 is 0 Å². The maximum Gasteiger partial charge on any atom is 0.313 e. The Morgan fingerprint density at radius 2 is 1.81 bits per heavy atom. The third-order valence-electron chi connectivity index (χ3n) is 4.37. The molecule has 0 aliphatic carbocycles. The zero-order valence-corrected chi connectivity index (χ0v) is 16.2. The number of carbonyl (C=O) groups excluding carboxylic acids is 2.